The third-order valence-corrected chi connectivity index (χ3v) is 5.14. The Morgan fingerprint density at radius 3 is 2.59 bits per heavy atom. The first-order valence-electron chi connectivity index (χ1n) is 8.41. The number of anilines is 1. The van der Waals surface area contributed by atoms with E-state index in [1.807, 2.05) is 0 Å². The van der Waals surface area contributed by atoms with Crippen LogP contribution >= 0.6 is 0 Å². The molecular formula is C19H15N3O6S. The minimum Gasteiger partial charge on any atom is -0.454 e. The van der Waals surface area contributed by atoms with Gasteiger partial charge in [0, 0.05) is 17.9 Å². The highest BCUT2D eigenvalue weighted by molar-refractivity contribution is 7.90. The zero-order chi connectivity index (χ0) is 20.4. The molecule has 9 nitrogen and oxygen atoms in total. The van der Waals surface area contributed by atoms with E-state index in [1.54, 1.807) is 36.4 Å². The Kier molecular flexibility index (Phi) is 4.77. The van der Waals surface area contributed by atoms with Crippen molar-refractivity contribution >= 4 is 27.8 Å². The second kappa shape index (κ2) is 7.40. The Labute approximate surface area is 165 Å². The van der Waals surface area contributed by atoms with E-state index in [0.29, 0.717) is 17.1 Å². The molecule has 10 heteroatoms. The largest absolute Gasteiger partial charge is 0.454 e. The highest BCUT2D eigenvalue weighted by atomic mass is 32.2. The van der Waals surface area contributed by atoms with E-state index in [2.05, 4.69) is 15.5 Å². The van der Waals surface area contributed by atoms with Gasteiger partial charge in [0.25, 0.3) is 5.91 Å². The lowest BCUT2D eigenvalue weighted by atomic mass is 10.2. The van der Waals surface area contributed by atoms with Crippen LogP contribution in [0.5, 0.6) is 11.5 Å². The number of carbonyl (C=O) groups is 1. The summed E-state index contributed by atoms with van der Waals surface area (Å²) >= 11 is 0. The number of benzene rings is 2. The summed E-state index contributed by atoms with van der Waals surface area (Å²) in [5, 5.41) is 10.1. The fourth-order valence-electron chi connectivity index (χ4n) is 2.57. The van der Waals surface area contributed by atoms with Crippen LogP contribution in [-0.4, -0.2) is 37.6 Å². The van der Waals surface area contributed by atoms with Crippen molar-refractivity contribution in [1.82, 2.24) is 10.2 Å². The molecule has 1 N–H and O–H groups in total. The van der Waals surface area contributed by atoms with Crippen LogP contribution in [0.3, 0.4) is 0 Å². The van der Waals surface area contributed by atoms with Gasteiger partial charge in [-0.3, -0.25) is 10.1 Å². The molecular weight excluding hydrogens is 398 g/mol. The summed E-state index contributed by atoms with van der Waals surface area (Å²) in [6, 6.07) is 11.2. The van der Waals surface area contributed by atoms with Gasteiger partial charge in [-0.25, -0.2) is 8.42 Å². The lowest BCUT2D eigenvalue weighted by Crippen LogP contribution is -2.07. The third kappa shape index (κ3) is 4.27. The van der Waals surface area contributed by atoms with Gasteiger partial charge in [0.05, 0.1) is 4.90 Å². The van der Waals surface area contributed by atoms with Gasteiger partial charge < -0.3 is 13.9 Å². The maximum atomic E-state index is 12.1. The molecule has 0 saturated heterocycles. The van der Waals surface area contributed by atoms with Crippen LogP contribution in [-0.2, 0) is 14.6 Å². The maximum absolute atomic E-state index is 12.1. The Morgan fingerprint density at radius 2 is 1.83 bits per heavy atom. The van der Waals surface area contributed by atoms with Crippen molar-refractivity contribution in [3.8, 4) is 23.0 Å². The average Bonchev–Trinajstić information content (AvgIpc) is 3.34. The first kappa shape index (κ1) is 18.7. The maximum Gasteiger partial charge on any atom is 0.322 e. The molecule has 4 rings (SSSR count). The van der Waals surface area contributed by atoms with Crippen LogP contribution in [0, 0.1) is 0 Å². The average molecular weight is 413 g/mol. The molecule has 1 aliphatic rings. The number of nitrogens with zero attached hydrogens (tertiary/aromatic N) is 2. The number of rotatable bonds is 5. The summed E-state index contributed by atoms with van der Waals surface area (Å²) < 4.78 is 38.9. The number of amides is 1. The highest BCUT2D eigenvalue weighted by Crippen LogP contribution is 2.32. The van der Waals surface area contributed by atoms with Crippen molar-refractivity contribution in [3.63, 3.8) is 0 Å². The van der Waals surface area contributed by atoms with Crippen molar-refractivity contribution in [2.45, 2.75) is 4.90 Å². The molecule has 2 heterocycles. The van der Waals surface area contributed by atoms with E-state index < -0.39 is 15.7 Å². The summed E-state index contributed by atoms with van der Waals surface area (Å²) in [6.45, 7) is 0.180. The summed E-state index contributed by atoms with van der Waals surface area (Å²) in [5.41, 5.74) is 1.29. The quantitative estimate of drug-likeness (QED) is 0.634. The van der Waals surface area contributed by atoms with Crippen LogP contribution in [0.2, 0.25) is 0 Å². The predicted molar refractivity (Wildman–Crippen MR) is 103 cm³/mol. The van der Waals surface area contributed by atoms with E-state index in [1.165, 1.54) is 18.2 Å². The fourth-order valence-corrected chi connectivity index (χ4v) is 3.20. The van der Waals surface area contributed by atoms with Gasteiger partial charge in [0.15, 0.2) is 21.3 Å². The van der Waals surface area contributed by atoms with E-state index in [9.17, 15) is 13.2 Å². The zero-order valence-electron chi connectivity index (χ0n) is 15.2. The molecule has 0 aliphatic carbocycles. The van der Waals surface area contributed by atoms with Crippen LogP contribution in [0.25, 0.3) is 17.5 Å². The zero-order valence-corrected chi connectivity index (χ0v) is 16.0. The molecule has 1 aromatic heterocycles. The topological polar surface area (TPSA) is 121 Å². The van der Waals surface area contributed by atoms with Crippen molar-refractivity contribution in [1.29, 1.82) is 0 Å². The lowest BCUT2D eigenvalue weighted by Gasteiger charge is -1.99. The summed E-state index contributed by atoms with van der Waals surface area (Å²) in [6.07, 6.45) is 4.06. The third-order valence-electron chi connectivity index (χ3n) is 4.01. The van der Waals surface area contributed by atoms with Gasteiger partial charge in [-0.05, 0) is 48.0 Å². The molecule has 1 aliphatic heterocycles. The molecule has 148 valence electrons. The smallest absolute Gasteiger partial charge is 0.322 e. The molecule has 0 atom stereocenters. The molecule has 0 bridgehead atoms. The van der Waals surface area contributed by atoms with Crippen LogP contribution in [0.1, 0.15) is 5.56 Å². The minimum absolute atomic E-state index is 0.0764. The number of nitrogens with one attached hydrogen (secondary N) is 1. The Bertz CT molecular complexity index is 1200. The number of hydrogen-bond acceptors (Lipinski definition) is 8. The van der Waals surface area contributed by atoms with E-state index in [4.69, 9.17) is 13.9 Å². The summed E-state index contributed by atoms with van der Waals surface area (Å²) in [7, 11) is -3.29. The number of ether oxygens (including phenoxy) is 2. The van der Waals surface area contributed by atoms with Crippen LogP contribution in [0.4, 0.5) is 6.01 Å². The standard InChI is InChI=1S/C19H15N3O6S/c1-29(24,25)14-6-4-13(5-7-14)18-21-22-19(28-18)20-17(23)9-3-12-2-8-15-16(10-12)27-11-26-15/h2-10H,11H2,1H3,(H,20,22,23)/b9-3+. The van der Waals surface area contributed by atoms with Gasteiger partial charge in [0.1, 0.15) is 0 Å². The van der Waals surface area contributed by atoms with E-state index in [-0.39, 0.29) is 23.6 Å². The molecule has 0 saturated carbocycles. The van der Waals surface area contributed by atoms with Crippen molar-refractivity contribution in [3.05, 3.63) is 54.1 Å². The Morgan fingerprint density at radius 1 is 1.07 bits per heavy atom. The second-order valence-corrected chi connectivity index (χ2v) is 8.16. The number of hydrogen-bond donors (Lipinski definition) is 1. The van der Waals surface area contributed by atoms with E-state index >= 15 is 0 Å². The molecule has 0 spiro atoms. The summed E-state index contributed by atoms with van der Waals surface area (Å²) in [5.74, 6) is 0.982. The molecule has 2 aromatic carbocycles. The van der Waals surface area contributed by atoms with Gasteiger partial charge in [-0.1, -0.05) is 11.2 Å². The monoisotopic (exact) mass is 413 g/mol. The Hall–Kier alpha value is -3.66. The summed E-state index contributed by atoms with van der Waals surface area (Å²) in [4.78, 5) is 12.3. The lowest BCUT2D eigenvalue weighted by molar-refractivity contribution is -0.112. The molecule has 3 aromatic rings. The molecule has 1 amide bonds. The van der Waals surface area contributed by atoms with Crippen LogP contribution < -0.4 is 14.8 Å². The number of sulfone groups is 1. The van der Waals surface area contributed by atoms with Gasteiger partial charge in [-0.2, -0.15) is 0 Å². The predicted octanol–water partition coefficient (Wildman–Crippen LogP) is 2.52. The van der Waals surface area contributed by atoms with Gasteiger partial charge in [0.2, 0.25) is 12.7 Å². The molecule has 0 fully saturated rings. The second-order valence-electron chi connectivity index (χ2n) is 6.14. The SMILES string of the molecule is CS(=O)(=O)c1ccc(-c2nnc(NC(=O)/C=C/c3ccc4c(c3)OCO4)o2)cc1. The van der Waals surface area contributed by atoms with Crippen molar-refractivity contribution < 1.29 is 27.1 Å². The number of fused-ring (bicyclic) bond motifs is 1. The fraction of sp³-hybridized carbons (Fsp3) is 0.105. The normalized spacial score (nSPS) is 13.0. The van der Waals surface area contributed by atoms with Crippen LogP contribution in [0.15, 0.2) is 57.9 Å². The Balaban J connectivity index is 1.41. The number of carbonyl (C=O) groups excluding carboxylic acids is 1. The highest BCUT2D eigenvalue weighted by Gasteiger charge is 2.14. The van der Waals surface area contributed by atoms with E-state index in [0.717, 1.165) is 11.8 Å². The molecule has 29 heavy (non-hydrogen) atoms. The van der Waals surface area contributed by atoms with Crippen molar-refractivity contribution in [2.24, 2.45) is 0 Å². The van der Waals surface area contributed by atoms with Gasteiger partial charge >= 0.3 is 6.01 Å². The number of aromatic nitrogens is 2. The van der Waals surface area contributed by atoms with Crippen molar-refractivity contribution in [2.75, 3.05) is 18.4 Å². The first-order valence-corrected chi connectivity index (χ1v) is 10.3. The minimum atomic E-state index is -3.29. The molecule has 0 unspecified atom stereocenters. The molecule has 0 radical (unpaired) electrons. The van der Waals surface area contributed by atoms with Gasteiger partial charge in [-0.15, -0.1) is 5.10 Å². The first-order chi connectivity index (χ1) is 13.9.